The van der Waals surface area contributed by atoms with Crippen LogP contribution in [0.25, 0.3) is 0 Å². The van der Waals surface area contributed by atoms with Gasteiger partial charge in [-0.1, -0.05) is 39.0 Å². The van der Waals surface area contributed by atoms with Crippen LogP contribution >= 0.6 is 11.8 Å². The fourth-order valence-electron chi connectivity index (χ4n) is 1.31. The average Bonchev–Trinajstić information content (AvgIpc) is 2.45. The van der Waals surface area contributed by atoms with E-state index >= 15 is 0 Å². The number of thioether (sulfide) groups is 1. The van der Waals surface area contributed by atoms with Crippen LogP contribution < -0.4 is 0 Å². The molecule has 0 aliphatic heterocycles. The highest BCUT2D eigenvalue weighted by Crippen LogP contribution is 2.38. The molecule has 1 rings (SSSR count). The molecule has 0 spiro atoms. The fraction of sp³-hybridized carbons (Fsp3) is 0.583. The van der Waals surface area contributed by atoms with Gasteiger partial charge in [-0.15, -0.1) is 11.8 Å². The van der Waals surface area contributed by atoms with Crippen molar-refractivity contribution in [1.82, 2.24) is 0 Å². The van der Waals surface area contributed by atoms with Crippen molar-refractivity contribution in [2.24, 2.45) is 5.92 Å². The highest BCUT2D eigenvalue weighted by Gasteiger charge is 2.22. The Morgan fingerprint density at radius 2 is 2.20 bits per heavy atom. The van der Waals surface area contributed by atoms with Crippen molar-refractivity contribution < 1.29 is 9.53 Å². The number of ether oxygens (including phenoxy) is 1. The summed E-state index contributed by atoms with van der Waals surface area (Å²) in [6.45, 7) is 8.44. The molecule has 0 fully saturated rings. The van der Waals surface area contributed by atoms with Gasteiger partial charge in [0.2, 0.25) is 0 Å². The zero-order chi connectivity index (χ0) is 11.5. The first-order valence-electron chi connectivity index (χ1n) is 5.09. The van der Waals surface area contributed by atoms with Gasteiger partial charge in [-0.05, 0) is 4.91 Å². The predicted molar refractivity (Wildman–Crippen MR) is 64.7 cm³/mol. The van der Waals surface area contributed by atoms with Crippen molar-refractivity contribution >= 4 is 17.7 Å². The summed E-state index contributed by atoms with van der Waals surface area (Å²) in [5.74, 6) is 0.0357. The van der Waals surface area contributed by atoms with Crippen LogP contribution in [-0.4, -0.2) is 17.3 Å². The van der Waals surface area contributed by atoms with Crippen molar-refractivity contribution in [2.45, 2.75) is 32.4 Å². The molecule has 0 aromatic rings. The molecule has 15 heavy (non-hydrogen) atoms. The number of hydrogen-bond acceptors (Lipinski definition) is 3. The second kappa shape index (κ2) is 4.88. The van der Waals surface area contributed by atoms with Gasteiger partial charge in [0.05, 0.1) is 0 Å². The molecule has 0 aromatic heterocycles. The van der Waals surface area contributed by atoms with Crippen LogP contribution in [0.1, 0.15) is 27.7 Å². The molecule has 1 atom stereocenters. The van der Waals surface area contributed by atoms with Gasteiger partial charge in [0.1, 0.15) is 6.61 Å². The summed E-state index contributed by atoms with van der Waals surface area (Å²) in [6, 6.07) is 0. The molecule has 0 amide bonds. The lowest BCUT2D eigenvalue weighted by molar-refractivity contribution is -0.141. The molecular formula is C12H18O2S. The molecule has 0 N–H and O–H groups in total. The molecule has 84 valence electrons. The zero-order valence-corrected chi connectivity index (χ0v) is 10.6. The summed E-state index contributed by atoms with van der Waals surface area (Å²) in [4.78, 5) is 12.0. The Morgan fingerprint density at radius 1 is 1.53 bits per heavy atom. The Labute approximate surface area is 95.8 Å². The topological polar surface area (TPSA) is 26.3 Å². The Bertz CT molecular complexity index is 297. The minimum Gasteiger partial charge on any atom is -0.465 e. The number of allylic oxidation sites excluding steroid dienone is 2. The molecule has 0 radical (unpaired) electrons. The summed E-state index contributed by atoms with van der Waals surface area (Å²) in [5.41, 5.74) is 0. The third kappa shape index (κ3) is 4.56. The maximum absolute atomic E-state index is 10.7. The summed E-state index contributed by atoms with van der Waals surface area (Å²) >= 11 is 1.83. The van der Waals surface area contributed by atoms with Crippen LogP contribution in [0.3, 0.4) is 0 Å². The van der Waals surface area contributed by atoms with Crippen LogP contribution in [0, 0.1) is 5.92 Å². The number of carbonyl (C=O) groups is 1. The first-order chi connectivity index (χ1) is 6.88. The van der Waals surface area contributed by atoms with Gasteiger partial charge in [-0.2, -0.15) is 0 Å². The monoisotopic (exact) mass is 226 g/mol. The van der Waals surface area contributed by atoms with E-state index in [4.69, 9.17) is 4.74 Å². The smallest absolute Gasteiger partial charge is 0.302 e. The molecule has 0 saturated carbocycles. The molecule has 0 heterocycles. The Balaban J connectivity index is 2.49. The first kappa shape index (κ1) is 12.4. The van der Waals surface area contributed by atoms with Crippen molar-refractivity contribution in [3.05, 3.63) is 23.1 Å². The van der Waals surface area contributed by atoms with E-state index < -0.39 is 0 Å². The molecule has 2 nitrogen and oxygen atoms in total. The minimum atomic E-state index is -0.213. The number of hydrogen-bond donors (Lipinski definition) is 0. The Kier molecular flexibility index (Phi) is 4.03. The normalized spacial score (nSPS) is 20.3. The lowest BCUT2D eigenvalue weighted by Crippen LogP contribution is -2.14. The third-order valence-electron chi connectivity index (χ3n) is 1.86. The van der Waals surface area contributed by atoms with Crippen molar-refractivity contribution in [3.8, 4) is 0 Å². The Hall–Kier alpha value is -0.700. The number of rotatable bonds is 3. The molecule has 1 aliphatic carbocycles. The largest absolute Gasteiger partial charge is 0.465 e. The second-order valence-corrected chi connectivity index (χ2v) is 6.48. The highest BCUT2D eigenvalue weighted by molar-refractivity contribution is 8.04. The lowest BCUT2D eigenvalue weighted by Gasteiger charge is -2.22. The van der Waals surface area contributed by atoms with Crippen LogP contribution in [0.2, 0.25) is 0 Å². The SMILES string of the molecule is CC(=O)OCC1C=CC=C1SC(C)(C)C. The summed E-state index contributed by atoms with van der Waals surface area (Å²) in [7, 11) is 0. The molecule has 0 bridgehead atoms. The summed E-state index contributed by atoms with van der Waals surface area (Å²) < 4.78 is 5.23. The van der Waals surface area contributed by atoms with Gasteiger partial charge in [-0.25, -0.2) is 0 Å². The lowest BCUT2D eigenvalue weighted by atomic mass is 10.2. The van der Waals surface area contributed by atoms with Gasteiger partial charge in [-0.3, -0.25) is 4.79 Å². The molecule has 1 aliphatic rings. The van der Waals surface area contributed by atoms with E-state index in [2.05, 4.69) is 32.9 Å². The quantitative estimate of drug-likeness (QED) is 0.691. The van der Waals surface area contributed by atoms with Gasteiger partial charge in [0.25, 0.3) is 0 Å². The van der Waals surface area contributed by atoms with Crippen molar-refractivity contribution in [3.63, 3.8) is 0 Å². The molecule has 3 heteroatoms. The molecule has 0 aromatic carbocycles. The van der Waals surface area contributed by atoms with Gasteiger partial charge in [0.15, 0.2) is 0 Å². The van der Waals surface area contributed by atoms with E-state index in [-0.39, 0.29) is 16.6 Å². The highest BCUT2D eigenvalue weighted by atomic mass is 32.2. The van der Waals surface area contributed by atoms with Crippen LogP contribution in [-0.2, 0) is 9.53 Å². The fourth-order valence-corrected chi connectivity index (χ4v) is 2.46. The van der Waals surface area contributed by atoms with Gasteiger partial charge < -0.3 is 4.74 Å². The summed E-state index contributed by atoms with van der Waals surface area (Å²) in [5, 5.41) is 0. The second-order valence-electron chi connectivity index (χ2n) is 4.58. The summed E-state index contributed by atoms with van der Waals surface area (Å²) in [6.07, 6.45) is 6.21. The number of carbonyl (C=O) groups excluding carboxylic acids is 1. The maximum atomic E-state index is 10.7. The van der Waals surface area contributed by atoms with Gasteiger partial charge >= 0.3 is 5.97 Å². The van der Waals surface area contributed by atoms with E-state index in [0.717, 1.165) is 0 Å². The number of esters is 1. The third-order valence-corrected chi connectivity index (χ3v) is 3.15. The molecule has 0 saturated heterocycles. The van der Waals surface area contributed by atoms with Crippen LogP contribution in [0.4, 0.5) is 0 Å². The first-order valence-corrected chi connectivity index (χ1v) is 5.91. The predicted octanol–water partition coefficient (Wildman–Crippen LogP) is 3.15. The minimum absolute atomic E-state index is 0.201. The van der Waals surface area contributed by atoms with E-state index in [9.17, 15) is 4.79 Å². The zero-order valence-electron chi connectivity index (χ0n) is 9.74. The van der Waals surface area contributed by atoms with E-state index in [0.29, 0.717) is 6.61 Å². The van der Waals surface area contributed by atoms with Gasteiger partial charge in [0, 0.05) is 17.6 Å². The molecule has 1 unspecified atom stereocenters. The van der Waals surface area contributed by atoms with Crippen LogP contribution in [0.15, 0.2) is 23.1 Å². The van der Waals surface area contributed by atoms with E-state index in [1.807, 2.05) is 17.8 Å². The average molecular weight is 226 g/mol. The van der Waals surface area contributed by atoms with Crippen molar-refractivity contribution in [1.29, 1.82) is 0 Å². The standard InChI is InChI=1S/C12H18O2S/c1-9(13)14-8-10-6-5-7-11(10)15-12(2,3)4/h5-7,10H,8H2,1-4H3. The van der Waals surface area contributed by atoms with E-state index in [1.54, 1.807) is 0 Å². The molecular weight excluding hydrogens is 208 g/mol. The maximum Gasteiger partial charge on any atom is 0.302 e. The van der Waals surface area contributed by atoms with Crippen molar-refractivity contribution in [2.75, 3.05) is 6.61 Å². The van der Waals surface area contributed by atoms with Crippen LogP contribution in [0.5, 0.6) is 0 Å². The Morgan fingerprint density at radius 3 is 2.73 bits per heavy atom. The van der Waals surface area contributed by atoms with E-state index in [1.165, 1.54) is 11.8 Å².